The third-order valence-corrected chi connectivity index (χ3v) is 3.65. The Balaban J connectivity index is 0.000000422. The Bertz CT molecular complexity index is 537. The summed E-state index contributed by atoms with van der Waals surface area (Å²) in [5, 5.41) is 8.60. The number of halogens is 1. The molecule has 1 fully saturated rings. The number of nitrogens with two attached hydrogens (primary N) is 1. The molecule has 120 valence electrons. The maximum atomic E-state index is 12.0. The summed E-state index contributed by atoms with van der Waals surface area (Å²) in [6.45, 7) is 6.24. The van der Waals surface area contributed by atoms with E-state index in [2.05, 4.69) is 0 Å². The number of hydrogen-bond donors (Lipinski definition) is 1. The first-order valence-corrected chi connectivity index (χ1v) is 7.95. The molecule has 0 saturated carbocycles. The van der Waals surface area contributed by atoms with Gasteiger partial charge in [-0.25, -0.2) is 0 Å². The number of rotatable bonds is 2. The molecular formula is C17H24ClN3O. The molecule has 1 amide bonds. The summed E-state index contributed by atoms with van der Waals surface area (Å²) in [5.74, 6) is 0.211. The average molecular weight is 322 g/mol. The van der Waals surface area contributed by atoms with Gasteiger partial charge in [-0.05, 0) is 51.3 Å². The fourth-order valence-corrected chi connectivity index (χ4v) is 2.55. The lowest BCUT2D eigenvalue weighted by molar-refractivity contribution is -0.133. The molecule has 2 atom stereocenters. The Morgan fingerprint density at radius 1 is 1.45 bits per heavy atom. The van der Waals surface area contributed by atoms with Crippen LogP contribution in [0, 0.1) is 17.2 Å². The molecule has 0 radical (unpaired) electrons. The zero-order valence-corrected chi connectivity index (χ0v) is 14.2. The van der Waals surface area contributed by atoms with Crippen molar-refractivity contribution >= 4 is 17.5 Å². The van der Waals surface area contributed by atoms with Crippen molar-refractivity contribution < 1.29 is 4.79 Å². The second-order valence-electron chi connectivity index (χ2n) is 5.82. The van der Waals surface area contributed by atoms with Gasteiger partial charge in [0.2, 0.25) is 5.91 Å². The highest BCUT2D eigenvalue weighted by Crippen LogP contribution is 2.33. The Hall–Kier alpha value is -1.57. The Kier molecular flexibility index (Phi) is 7.37. The number of hydrogen-bond acceptors (Lipinski definition) is 3. The van der Waals surface area contributed by atoms with E-state index in [0.29, 0.717) is 5.02 Å². The van der Waals surface area contributed by atoms with Crippen molar-refractivity contribution in [2.75, 3.05) is 6.54 Å². The van der Waals surface area contributed by atoms with E-state index in [1.807, 2.05) is 49.1 Å². The molecule has 1 aromatic rings. The molecule has 2 N–H and O–H groups in total. The first-order valence-electron chi connectivity index (χ1n) is 7.58. The van der Waals surface area contributed by atoms with Crippen LogP contribution in [0.5, 0.6) is 0 Å². The van der Waals surface area contributed by atoms with Crippen molar-refractivity contribution in [3.05, 3.63) is 34.9 Å². The summed E-state index contributed by atoms with van der Waals surface area (Å²) in [5.41, 5.74) is 6.77. The van der Waals surface area contributed by atoms with Crippen LogP contribution in [0.1, 0.15) is 45.2 Å². The maximum Gasteiger partial charge on any atom is 0.239 e. The summed E-state index contributed by atoms with van der Waals surface area (Å²) in [4.78, 5) is 13.9. The van der Waals surface area contributed by atoms with Gasteiger partial charge in [0.15, 0.2) is 0 Å². The van der Waals surface area contributed by atoms with Crippen LogP contribution in [0.15, 0.2) is 24.3 Å². The summed E-state index contributed by atoms with van der Waals surface area (Å²) in [6.07, 6.45) is 2.01. The summed E-state index contributed by atoms with van der Waals surface area (Å²) in [6, 6.07) is 9.44. The molecule has 1 aliphatic heterocycles. The molecular weight excluding hydrogens is 298 g/mol. The molecule has 1 saturated heterocycles. The lowest BCUT2D eigenvalue weighted by atomic mass is 10.0. The summed E-state index contributed by atoms with van der Waals surface area (Å²) in [7, 11) is 0. The minimum Gasteiger partial charge on any atom is -0.334 e. The van der Waals surface area contributed by atoms with Gasteiger partial charge in [0.25, 0.3) is 0 Å². The predicted molar refractivity (Wildman–Crippen MR) is 89.2 cm³/mol. The average Bonchev–Trinajstić information content (AvgIpc) is 2.96. The normalized spacial score (nSPS) is 18.4. The number of nitrogens with zero attached hydrogens (tertiary/aromatic N) is 2. The zero-order valence-electron chi connectivity index (χ0n) is 13.4. The minimum atomic E-state index is -0.435. The standard InChI is InChI=1S/C13H17ClN2O.C4H7N/c1-9(15)13(17)16-7-3-6-12(16)10-4-2-5-11(14)8-10;1-4(2)3-5/h2,4-5,8-9,12H,3,6-7,15H2,1H3;4H,1-2H3/t9-,12?;/m1./s1. The highest BCUT2D eigenvalue weighted by molar-refractivity contribution is 6.30. The van der Waals surface area contributed by atoms with E-state index in [1.54, 1.807) is 6.92 Å². The predicted octanol–water partition coefficient (Wildman–Crippen LogP) is 3.52. The molecule has 2 rings (SSSR count). The lowest BCUT2D eigenvalue weighted by Gasteiger charge is -2.26. The first kappa shape index (κ1) is 18.5. The number of carbonyl (C=O) groups is 1. The van der Waals surface area contributed by atoms with E-state index in [9.17, 15) is 4.79 Å². The molecule has 4 nitrogen and oxygen atoms in total. The molecule has 1 aliphatic rings. The third kappa shape index (κ3) is 5.32. The zero-order chi connectivity index (χ0) is 16.7. The van der Waals surface area contributed by atoms with Crippen LogP contribution in [0.25, 0.3) is 0 Å². The fourth-order valence-electron chi connectivity index (χ4n) is 2.35. The van der Waals surface area contributed by atoms with Gasteiger partial charge in [0.05, 0.1) is 18.2 Å². The topological polar surface area (TPSA) is 70.1 Å². The first-order chi connectivity index (χ1) is 10.4. The molecule has 0 aliphatic carbocycles. The Morgan fingerprint density at radius 2 is 2.09 bits per heavy atom. The molecule has 0 bridgehead atoms. The lowest BCUT2D eigenvalue weighted by Crippen LogP contribution is -2.41. The Labute approximate surface area is 137 Å². The van der Waals surface area contributed by atoms with Gasteiger partial charge in [0.1, 0.15) is 0 Å². The molecule has 5 heteroatoms. The van der Waals surface area contributed by atoms with Crippen molar-refractivity contribution in [2.45, 2.75) is 45.7 Å². The van der Waals surface area contributed by atoms with Gasteiger partial charge in [-0.15, -0.1) is 0 Å². The summed E-state index contributed by atoms with van der Waals surface area (Å²) >= 11 is 5.98. The van der Waals surface area contributed by atoms with Gasteiger partial charge in [-0.1, -0.05) is 23.7 Å². The van der Waals surface area contributed by atoms with Crippen molar-refractivity contribution in [2.24, 2.45) is 11.7 Å². The molecule has 1 unspecified atom stereocenters. The van der Waals surface area contributed by atoms with Crippen LogP contribution >= 0.6 is 11.6 Å². The monoisotopic (exact) mass is 321 g/mol. The smallest absolute Gasteiger partial charge is 0.239 e. The second kappa shape index (κ2) is 8.77. The number of likely N-dealkylation sites (tertiary alicyclic amines) is 1. The molecule has 0 spiro atoms. The quantitative estimate of drug-likeness (QED) is 0.906. The SMILES string of the molecule is CC(C)C#N.C[C@@H](N)C(=O)N1CCCC1c1cccc(Cl)c1. The van der Waals surface area contributed by atoms with E-state index < -0.39 is 6.04 Å². The fraction of sp³-hybridized carbons (Fsp3) is 0.529. The number of nitriles is 1. The third-order valence-electron chi connectivity index (χ3n) is 3.42. The van der Waals surface area contributed by atoms with Gasteiger partial charge < -0.3 is 10.6 Å². The van der Waals surface area contributed by atoms with Crippen molar-refractivity contribution in [1.82, 2.24) is 4.90 Å². The van der Waals surface area contributed by atoms with Crippen LogP contribution in [-0.4, -0.2) is 23.4 Å². The van der Waals surface area contributed by atoms with Crippen LogP contribution in [-0.2, 0) is 4.79 Å². The number of amides is 1. The highest BCUT2D eigenvalue weighted by Gasteiger charge is 2.31. The van der Waals surface area contributed by atoms with Gasteiger partial charge >= 0.3 is 0 Å². The van der Waals surface area contributed by atoms with Crippen LogP contribution in [0.4, 0.5) is 0 Å². The number of benzene rings is 1. The van der Waals surface area contributed by atoms with Crippen molar-refractivity contribution in [3.63, 3.8) is 0 Å². The van der Waals surface area contributed by atoms with E-state index in [0.717, 1.165) is 24.9 Å². The van der Waals surface area contributed by atoms with E-state index in [4.69, 9.17) is 22.6 Å². The van der Waals surface area contributed by atoms with Gasteiger partial charge in [0, 0.05) is 17.5 Å². The van der Waals surface area contributed by atoms with E-state index in [1.165, 1.54) is 0 Å². The van der Waals surface area contributed by atoms with Crippen LogP contribution < -0.4 is 5.73 Å². The Morgan fingerprint density at radius 3 is 2.59 bits per heavy atom. The minimum absolute atomic E-state index is 0.0208. The van der Waals surface area contributed by atoms with Crippen molar-refractivity contribution in [1.29, 1.82) is 5.26 Å². The summed E-state index contributed by atoms with van der Waals surface area (Å²) < 4.78 is 0. The number of carbonyl (C=O) groups excluding carboxylic acids is 1. The molecule has 1 aromatic carbocycles. The maximum absolute atomic E-state index is 12.0. The largest absolute Gasteiger partial charge is 0.334 e. The molecule has 0 aromatic heterocycles. The van der Waals surface area contributed by atoms with Crippen LogP contribution in [0.2, 0.25) is 5.02 Å². The van der Waals surface area contributed by atoms with Crippen molar-refractivity contribution in [3.8, 4) is 6.07 Å². The molecule has 1 heterocycles. The van der Waals surface area contributed by atoms with Gasteiger partial charge in [-0.3, -0.25) is 4.79 Å². The van der Waals surface area contributed by atoms with Crippen LogP contribution in [0.3, 0.4) is 0 Å². The molecule has 22 heavy (non-hydrogen) atoms. The van der Waals surface area contributed by atoms with E-state index in [-0.39, 0.29) is 17.9 Å². The highest BCUT2D eigenvalue weighted by atomic mass is 35.5. The van der Waals surface area contributed by atoms with E-state index >= 15 is 0 Å². The van der Waals surface area contributed by atoms with Gasteiger partial charge in [-0.2, -0.15) is 5.26 Å². The second-order valence-corrected chi connectivity index (χ2v) is 6.25.